The Labute approximate surface area is 116 Å². The predicted octanol–water partition coefficient (Wildman–Crippen LogP) is 1.72. The van der Waals surface area contributed by atoms with Crippen molar-refractivity contribution in [2.45, 2.75) is 25.7 Å². The molecule has 1 aromatic carbocycles. The number of imidazole rings is 1. The summed E-state index contributed by atoms with van der Waals surface area (Å²) in [5.41, 5.74) is 4.82. The minimum atomic E-state index is -0.395. The average molecular weight is 272 g/mol. The number of aromatic amines is 1. The number of hydrazone groups is 1. The summed E-state index contributed by atoms with van der Waals surface area (Å²) in [5.74, 6) is -0.0743. The summed E-state index contributed by atoms with van der Waals surface area (Å²) in [7, 11) is 0. The van der Waals surface area contributed by atoms with Gasteiger partial charge in [0.1, 0.15) is 0 Å². The van der Waals surface area contributed by atoms with Gasteiger partial charge in [0.2, 0.25) is 5.91 Å². The molecule has 1 aliphatic rings. The smallest absolute Gasteiger partial charge is 0.294 e. The fourth-order valence-electron chi connectivity index (χ4n) is 2.39. The number of rotatable bonds is 3. The third-order valence-electron chi connectivity index (χ3n) is 3.47. The number of carbonyl (C=O) groups excluding carboxylic acids is 1. The molecule has 1 atom stereocenters. The third-order valence-corrected chi connectivity index (χ3v) is 3.47. The summed E-state index contributed by atoms with van der Waals surface area (Å²) >= 11 is 0. The van der Waals surface area contributed by atoms with E-state index in [9.17, 15) is 4.79 Å². The molecule has 0 bridgehead atoms. The number of H-pyrrole nitrogens is 1. The van der Waals surface area contributed by atoms with Crippen LogP contribution in [-0.4, -0.2) is 28.7 Å². The van der Waals surface area contributed by atoms with E-state index in [0.29, 0.717) is 19.0 Å². The molecular weight excluding hydrogens is 256 g/mol. The molecule has 1 amide bonds. The lowest BCUT2D eigenvalue weighted by Crippen LogP contribution is -2.37. The van der Waals surface area contributed by atoms with Gasteiger partial charge in [0.15, 0.2) is 0 Å². The largest absolute Gasteiger partial charge is 0.465 e. The summed E-state index contributed by atoms with van der Waals surface area (Å²) in [6.45, 7) is 4.48. The number of aromatic nitrogens is 2. The van der Waals surface area contributed by atoms with E-state index >= 15 is 0 Å². The Kier molecular flexibility index (Phi) is 2.93. The second-order valence-electron chi connectivity index (χ2n) is 5.09. The number of ether oxygens (including phenoxy) is 1. The molecule has 0 saturated carbocycles. The average Bonchev–Trinajstić information content (AvgIpc) is 2.80. The number of hydrogen-bond donors (Lipinski definition) is 2. The van der Waals surface area contributed by atoms with Gasteiger partial charge in [-0.2, -0.15) is 10.1 Å². The van der Waals surface area contributed by atoms with Crippen LogP contribution in [0.5, 0.6) is 6.01 Å². The van der Waals surface area contributed by atoms with Gasteiger partial charge in [0.05, 0.1) is 17.6 Å². The van der Waals surface area contributed by atoms with E-state index in [1.54, 1.807) is 6.21 Å². The molecule has 1 aliphatic heterocycles. The predicted molar refractivity (Wildman–Crippen MR) is 75.9 cm³/mol. The Morgan fingerprint density at radius 2 is 2.30 bits per heavy atom. The lowest BCUT2D eigenvalue weighted by atomic mass is 9.79. The number of hydrogen-bond acceptors (Lipinski definition) is 4. The zero-order chi connectivity index (χ0) is 14.2. The van der Waals surface area contributed by atoms with Gasteiger partial charge in [-0.1, -0.05) is 6.07 Å². The van der Waals surface area contributed by atoms with Crippen molar-refractivity contribution >= 4 is 23.2 Å². The first-order valence-electron chi connectivity index (χ1n) is 6.57. The van der Waals surface area contributed by atoms with Crippen molar-refractivity contribution in [3.05, 3.63) is 23.8 Å². The molecule has 1 unspecified atom stereocenters. The molecule has 1 aromatic heterocycles. The van der Waals surface area contributed by atoms with E-state index in [1.165, 1.54) is 0 Å². The molecule has 2 aromatic rings. The van der Waals surface area contributed by atoms with Gasteiger partial charge in [-0.05, 0) is 31.5 Å². The molecular formula is C14H16N4O2. The lowest BCUT2D eigenvalue weighted by molar-refractivity contribution is -0.122. The molecule has 2 N–H and O–H groups in total. The van der Waals surface area contributed by atoms with Gasteiger partial charge in [0.25, 0.3) is 6.01 Å². The van der Waals surface area contributed by atoms with Crippen LogP contribution in [0.4, 0.5) is 0 Å². The molecule has 0 aliphatic carbocycles. The molecule has 0 saturated heterocycles. The van der Waals surface area contributed by atoms with Crippen molar-refractivity contribution < 1.29 is 9.53 Å². The first-order valence-corrected chi connectivity index (χ1v) is 6.57. The van der Waals surface area contributed by atoms with Crippen LogP contribution in [0.15, 0.2) is 23.3 Å². The van der Waals surface area contributed by atoms with Gasteiger partial charge in [-0.3, -0.25) is 4.79 Å². The van der Waals surface area contributed by atoms with Crippen molar-refractivity contribution in [2.24, 2.45) is 5.10 Å². The number of nitrogens with one attached hydrogen (secondary N) is 2. The number of fused-ring (bicyclic) bond motifs is 1. The first kappa shape index (κ1) is 12.7. The summed E-state index contributed by atoms with van der Waals surface area (Å²) < 4.78 is 5.36. The summed E-state index contributed by atoms with van der Waals surface area (Å²) in [6, 6.07) is 6.41. The van der Waals surface area contributed by atoms with Gasteiger partial charge in [-0.25, -0.2) is 5.43 Å². The maximum absolute atomic E-state index is 11.5. The minimum absolute atomic E-state index is 0.0743. The molecule has 0 radical (unpaired) electrons. The van der Waals surface area contributed by atoms with Crippen LogP contribution in [-0.2, 0) is 10.2 Å². The molecule has 2 heterocycles. The molecule has 3 rings (SSSR count). The second kappa shape index (κ2) is 4.63. The SMILES string of the molecule is CCOc1nc2ccc(C3(C)C=NNC(=O)C3)cc2[nH]1. The number of amides is 1. The van der Waals surface area contributed by atoms with Gasteiger partial charge in [0, 0.05) is 18.1 Å². The molecule has 6 heteroatoms. The van der Waals surface area contributed by atoms with Crippen molar-refractivity contribution in [3.8, 4) is 6.01 Å². The highest BCUT2D eigenvalue weighted by molar-refractivity contribution is 5.90. The monoisotopic (exact) mass is 272 g/mol. The van der Waals surface area contributed by atoms with Crippen molar-refractivity contribution in [3.63, 3.8) is 0 Å². The highest BCUT2D eigenvalue weighted by Crippen LogP contribution is 2.30. The van der Waals surface area contributed by atoms with E-state index < -0.39 is 5.41 Å². The van der Waals surface area contributed by atoms with Crippen LogP contribution < -0.4 is 10.2 Å². The standard InChI is InChI=1S/C14H16N4O2/c1-3-20-13-16-10-5-4-9(6-11(10)17-13)14(2)7-12(19)18-15-8-14/h4-6,8H,3,7H2,1-2H3,(H,16,17)(H,18,19). The zero-order valence-electron chi connectivity index (χ0n) is 11.4. The van der Waals surface area contributed by atoms with E-state index in [1.807, 2.05) is 32.0 Å². The van der Waals surface area contributed by atoms with Crippen molar-refractivity contribution in [2.75, 3.05) is 6.61 Å². The summed E-state index contributed by atoms with van der Waals surface area (Å²) in [5, 5.41) is 3.93. The Balaban J connectivity index is 2.02. The van der Waals surface area contributed by atoms with Crippen LogP contribution in [0.25, 0.3) is 11.0 Å². The lowest BCUT2D eigenvalue weighted by Gasteiger charge is -2.27. The zero-order valence-corrected chi connectivity index (χ0v) is 11.4. The molecule has 104 valence electrons. The number of carbonyl (C=O) groups is 1. The fraction of sp³-hybridized carbons (Fsp3) is 0.357. The third kappa shape index (κ3) is 2.13. The van der Waals surface area contributed by atoms with Gasteiger partial charge < -0.3 is 9.72 Å². The van der Waals surface area contributed by atoms with Crippen molar-refractivity contribution in [1.82, 2.24) is 15.4 Å². The number of nitrogens with zero attached hydrogens (tertiary/aromatic N) is 2. The first-order chi connectivity index (χ1) is 9.60. The molecule has 20 heavy (non-hydrogen) atoms. The number of benzene rings is 1. The highest BCUT2D eigenvalue weighted by atomic mass is 16.5. The van der Waals surface area contributed by atoms with E-state index in [-0.39, 0.29) is 5.91 Å². The molecule has 0 spiro atoms. The van der Waals surface area contributed by atoms with E-state index in [0.717, 1.165) is 16.6 Å². The molecule has 0 fully saturated rings. The maximum atomic E-state index is 11.5. The van der Waals surface area contributed by atoms with E-state index in [4.69, 9.17) is 4.74 Å². The highest BCUT2D eigenvalue weighted by Gasteiger charge is 2.31. The summed E-state index contributed by atoms with van der Waals surface area (Å²) in [4.78, 5) is 19.0. The van der Waals surface area contributed by atoms with Gasteiger partial charge >= 0.3 is 0 Å². The van der Waals surface area contributed by atoms with Crippen LogP contribution >= 0.6 is 0 Å². The van der Waals surface area contributed by atoms with Crippen LogP contribution in [0.3, 0.4) is 0 Å². The minimum Gasteiger partial charge on any atom is -0.465 e. The maximum Gasteiger partial charge on any atom is 0.294 e. The van der Waals surface area contributed by atoms with Crippen molar-refractivity contribution in [1.29, 1.82) is 0 Å². The van der Waals surface area contributed by atoms with E-state index in [2.05, 4.69) is 20.5 Å². The Morgan fingerprint density at radius 1 is 1.45 bits per heavy atom. The Hall–Kier alpha value is -2.37. The normalized spacial score (nSPS) is 22.0. The van der Waals surface area contributed by atoms with Crippen LogP contribution in [0.2, 0.25) is 0 Å². The Bertz CT molecular complexity index is 692. The van der Waals surface area contributed by atoms with Crippen LogP contribution in [0, 0.1) is 0 Å². The van der Waals surface area contributed by atoms with Gasteiger partial charge in [-0.15, -0.1) is 0 Å². The quantitative estimate of drug-likeness (QED) is 0.893. The second-order valence-corrected chi connectivity index (χ2v) is 5.09. The van der Waals surface area contributed by atoms with Crippen LogP contribution in [0.1, 0.15) is 25.8 Å². The Morgan fingerprint density at radius 3 is 3.05 bits per heavy atom. The summed E-state index contributed by atoms with van der Waals surface area (Å²) in [6.07, 6.45) is 2.16. The topological polar surface area (TPSA) is 79.4 Å². The fourth-order valence-corrected chi connectivity index (χ4v) is 2.39. The molecule has 6 nitrogen and oxygen atoms in total.